The maximum Gasteiger partial charge on any atom is 0.254 e. The number of aliphatic hydroxyl groups excluding tert-OH is 1. The minimum atomic E-state index is -0.227. The van der Waals surface area contributed by atoms with E-state index < -0.39 is 0 Å². The minimum absolute atomic E-state index is 0.0256. The molecule has 0 aromatic heterocycles. The molecule has 0 saturated heterocycles. The van der Waals surface area contributed by atoms with Crippen LogP contribution < -0.4 is 0 Å². The summed E-state index contributed by atoms with van der Waals surface area (Å²) in [5, 5.41) is 8.75. The number of hydrogen-bond acceptors (Lipinski definition) is 3. The maximum atomic E-state index is 12.4. The Morgan fingerprint density at radius 2 is 1.90 bits per heavy atom. The fraction of sp³-hybridized carbons (Fsp3) is 0.375. The van der Waals surface area contributed by atoms with E-state index in [0.717, 1.165) is 5.56 Å². The summed E-state index contributed by atoms with van der Waals surface area (Å²) in [5.74, 6) is 5.01. The van der Waals surface area contributed by atoms with Crippen molar-refractivity contribution in [2.24, 2.45) is 0 Å². The highest BCUT2D eigenvalue weighted by atomic mass is 16.2. The Labute approximate surface area is 125 Å². The van der Waals surface area contributed by atoms with Gasteiger partial charge in [0.25, 0.3) is 5.91 Å². The molecule has 0 spiro atoms. The standard InChI is InChI=1S/C16H20N2O3/c1-12-13(8-6-10-19)7-5-9-14(12)16(21)18(4)11-15(20)17(2)3/h5,7,9,19H,10-11H2,1-4H3. The zero-order valence-electron chi connectivity index (χ0n) is 12.8. The topological polar surface area (TPSA) is 60.9 Å². The van der Waals surface area contributed by atoms with Crippen LogP contribution in [0.1, 0.15) is 21.5 Å². The number of amides is 2. The minimum Gasteiger partial charge on any atom is -0.384 e. The zero-order chi connectivity index (χ0) is 16.0. The smallest absolute Gasteiger partial charge is 0.254 e. The predicted molar refractivity (Wildman–Crippen MR) is 80.8 cm³/mol. The number of carbonyl (C=O) groups is 2. The van der Waals surface area contributed by atoms with E-state index in [9.17, 15) is 9.59 Å². The third kappa shape index (κ3) is 4.33. The highest BCUT2D eigenvalue weighted by Gasteiger charge is 2.18. The van der Waals surface area contributed by atoms with E-state index in [2.05, 4.69) is 11.8 Å². The molecule has 0 unspecified atom stereocenters. The molecule has 2 amide bonds. The molecule has 0 fully saturated rings. The fourth-order valence-corrected chi connectivity index (χ4v) is 1.76. The Kier molecular flexibility index (Phi) is 5.94. The van der Waals surface area contributed by atoms with Crippen molar-refractivity contribution in [1.29, 1.82) is 0 Å². The van der Waals surface area contributed by atoms with Gasteiger partial charge in [-0.15, -0.1) is 0 Å². The molecule has 0 aliphatic rings. The average Bonchev–Trinajstić information content (AvgIpc) is 2.45. The molecule has 0 bridgehead atoms. The van der Waals surface area contributed by atoms with Crippen LogP contribution in [-0.4, -0.2) is 61.0 Å². The van der Waals surface area contributed by atoms with Gasteiger partial charge in [0, 0.05) is 32.3 Å². The van der Waals surface area contributed by atoms with Crippen molar-refractivity contribution in [1.82, 2.24) is 9.80 Å². The van der Waals surface area contributed by atoms with Gasteiger partial charge in [0.05, 0.1) is 6.54 Å². The molecular formula is C16H20N2O3. The van der Waals surface area contributed by atoms with E-state index in [1.54, 1.807) is 46.3 Å². The lowest BCUT2D eigenvalue weighted by atomic mass is 10.0. The predicted octanol–water partition coefficient (Wildman–Crippen LogP) is 0.499. The first-order valence-corrected chi connectivity index (χ1v) is 6.53. The molecule has 0 aliphatic carbocycles. The van der Waals surface area contributed by atoms with Crippen molar-refractivity contribution in [2.45, 2.75) is 6.92 Å². The van der Waals surface area contributed by atoms with E-state index >= 15 is 0 Å². The molecule has 1 N–H and O–H groups in total. The number of benzene rings is 1. The summed E-state index contributed by atoms with van der Waals surface area (Å²) in [7, 11) is 4.89. The first-order chi connectivity index (χ1) is 9.88. The van der Waals surface area contributed by atoms with Crippen LogP contribution in [-0.2, 0) is 4.79 Å². The van der Waals surface area contributed by atoms with Gasteiger partial charge < -0.3 is 14.9 Å². The summed E-state index contributed by atoms with van der Waals surface area (Å²) < 4.78 is 0. The van der Waals surface area contributed by atoms with Gasteiger partial charge in [-0.25, -0.2) is 0 Å². The van der Waals surface area contributed by atoms with Gasteiger partial charge in [-0.2, -0.15) is 0 Å². The van der Waals surface area contributed by atoms with Gasteiger partial charge in [-0.05, 0) is 24.6 Å². The van der Waals surface area contributed by atoms with Gasteiger partial charge in [0.15, 0.2) is 0 Å². The Balaban J connectivity index is 3.00. The second-order valence-corrected chi connectivity index (χ2v) is 4.89. The number of carbonyl (C=O) groups excluding carboxylic acids is 2. The van der Waals surface area contributed by atoms with E-state index in [0.29, 0.717) is 11.1 Å². The van der Waals surface area contributed by atoms with Crippen molar-refractivity contribution in [3.8, 4) is 11.8 Å². The van der Waals surface area contributed by atoms with Crippen molar-refractivity contribution < 1.29 is 14.7 Å². The third-order valence-corrected chi connectivity index (χ3v) is 3.08. The van der Waals surface area contributed by atoms with Gasteiger partial charge in [-0.1, -0.05) is 17.9 Å². The second kappa shape index (κ2) is 7.46. The van der Waals surface area contributed by atoms with Crippen LogP contribution in [0.3, 0.4) is 0 Å². The first kappa shape index (κ1) is 16.7. The summed E-state index contributed by atoms with van der Waals surface area (Å²) in [6, 6.07) is 5.24. The number of hydrogen-bond donors (Lipinski definition) is 1. The molecule has 1 aromatic carbocycles. The lowest BCUT2D eigenvalue weighted by Crippen LogP contribution is -2.38. The van der Waals surface area contributed by atoms with Crippen molar-refractivity contribution in [3.05, 3.63) is 34.9 Å². The van der Waals surface area contributed by atoms with Crippen molar-refractivity contribution in [3.63, 3.8) is 0 Å². The monoisotopic (exact) mass is 288 g/mol. The number of aliphatic hydroxyl groups is 1. The van der Waals surface area contributed by atoms with Crippen LogP contribution in [0.25, 0.3) is 0 Å². The molecule has 21 heavy (non-hydrogen) atoms. The second-order valence-electron chi connectivity index (χ2n) is 4.89. The lowest BCUT2D eigenvalue weighted by Gasteiger charge is -2.20. The van der Waals surface area contributed by atoms with Crippen molar-refractivity contribution >= 4 is 11.8 Å². The number of nitrogens with zero attached hydrogens (tertiary/aromatic N) is 2. The Morgan fingerprint density at radius 1 is 1.24 bits per heavy atom. The summed E-state index contributed by atoms with van der Waals surface area (Å²) in [6.07, 6.45) is 0. The van der Waals surface area contributed by atoms with Crippen molar-refractivity contribution in [2.75, 3.05) is 34.3 Å². The highest BCUT2D eigenvalue weighted by molar-refractivity contribution is 5.98. The van der Waals surface area contributed by atoms with E-state index in [4.69, 9.17) is 5.11 Å². The molecule has 0 saturated carbocycles. The molecule has 5 heteroatoms. The molecule has 0 atom stereocenters. The van der Waals surface area contributed by atoms with Crippen LogP contribution in [0.15, 0.2) is 18.2 Å². The van der Waals surface area contributed by atoms with E-state index in [1.165, 1.54) is 9.80 Å². The van der Waals surface area contributed by atoms with Crippen LogP contribution in [0.5, 0.6) is 0 Å². The zero-order valence-corrected chi connectivity index (χ0v) is 12.8. The summed E-state index contributed by atoms with van der Waals surface area (Å²) in [4.78, 5) is 26.9. The number of rotatable bonds is 3. The third-order valence-electron chi connectivity index (χ3n) is 3.08. The van der Waals surface area contributed by atoms with Crippen LogP contribution >= 0.6 is 0 Å². The lowest BCUT2D eigenvalue weighted by molar-refractivity contribution is -0.129. The van der Waals surface area contributed by atoms with Crippen LogP contribution in [0.2, 0.25) is 0 Å². The molecule has 112 valence electrons. The van der Waals surface area contributed by atoms with E-state index in [-0.39, 0.29) is 25.0 Å². The summed E-state index contributed by atoms with van der Waals surface area (Å²) in [6.45, 7) is 1.60. The average molecular weight is 288 g/mol. The van der Waals surface area contributed by atoms with E-state index in [1.807, 2.05) is 0 Å². The maximum absolute atomic E-state index is 12.4. The Morgan fingerprint density at radius 3 is 2.48 bits per heavy atom. The number of likely N-dealkylation sites (N-methyl/N-ethyl adjacent to an activating group) is 2. The summed E-state index contributed by atoms with van der Waals surface area (Å²) in [5.41, 5.74) is 1.95. The molecule has 1 rings (SSSR count). The molecule has 1 aromatic rings. The Bertz CT molecular complexity index is 597. The van der Waals surface area contributed by atoms with Gasteiger partial charge in [0.1, 0.15) is 6.61 Å². The van der Waals surface area contributed by atoms with Gasteiger partial charge >= 0.3 is 0 Å². The largest absolute Gasteiger partial charge is 0.384 e. The quantitative estimate of drug-likeness (QED) is 0.824. The highest BCUT2D eigenvalue weighted by Crippen LogP contribution is 2.14. The molecule has 0 radical (unpaired) electrons. The van der Waals surface area contributed by atoms with Gasteiger partial charge in [-0.3, -0.25) is 9.59 Å². The van der Waals surface area contributed by atoms with Crippen LogP contribution in [0, 0.1) is 18.8 Å². The fourth-order valence-electron chi connectivity index (χ4n) is 1.76. The van der Waals surface area contributed by atoms with Gasteiger partial charge in [0.2, 0.25) is 5.91 Å². The molecular weight excluding hydrogens is 268 g/mol. The molecule has 0 aliphatic heterocycles. The molecule has 5 nitrogen and oxygen atoms in total. The normalized spacial score (nSPS) is 9.57. The summed E-state index contributed by atoms with van der Waals surface area (Å²) >= 11 is 0. The molecule has 0 heterocycles. The van der Waals surface area contributed by atoms with Crippen LogP contribution in [0.4, 0.5) is 0 Å². The SMILES string of the molecule is Cc1c(C#CCO)cccc1C(=O)N(C)CC(=O)N(C)C. The Hall–Kier alpha value is -2.32. The first-order valence-electron chi connectivity index (χ1n) is 6.53.